The number of carbonyl (C=O) groups is 2. The van der Waals surface area contributed by atoms with Crippen molar-refractivity contribution >= 4 is 17.6 Å². The summed E-state index contributed by atoms with van der Waals surface area (Å²) < 4.78 is 17.7. The lowest BCUT2D eigenvalue weighted by Crippen LogP contribution is -2.16. The highest BCUT2D eigenvalue weighted by molar-refractivity contribution is 6.13. The number of nitrogens with one attached hydrogen (secondary N) is 1. The van der Waals surface area contributed by atoms with E-state index in [0.29, 0.717) is 5.56 Å². The van der Waals surface area contributed by atoms with E-state index in [4.69, 9.17) is 4.74 Å². The summed E-state index contributed by atoms with van der Waals surface area (Å²) in [6, 6.07) is 6.63. The van der Waals surface area contributed by atoms with E-state index in [1.54, 1.807) is 6.92 Å². The monoisotopic (exact) mass is 288 g/mol. The van der Waals surface area contributed by atoms with Crippen molar-refractivity contribution < 1.29 is 18.7 Å². The molecule has 0 radical (unpaired) electrons. The van der Waals surface area contributed by atoms with Crippen LogP contribution < -0.4 is 5.32 Å². The molecule has 0 saturated carbocycles. The van der Waals surface area contributed by atoms with Crippen LogP contribution in [0.2, 0.25) is 0 Å². The van der Waals surface area contributed by atoms with Gasteiger partial charge in [0.05, 0.1) is 17.9 Å². The Morgan fingerprint density at radius 1 is 1.24 bits per heavy atom. The molecule has 1 N–H and O–H groups in total. The van der Waals surface area contributed by atoms with Gasteiger partial charge < -0.3 is 4.74 Å². The van der Waals surface area contributed by atoms with Crippen LogP contribution in [0.15, 0.2) is 42.7 Å². The van der Waals surface area contributed by atoms with E-state index in [9.17, 15) is 14.0 Å². The fourth-order valence-electron chi connectivity index (χ4n) is 1.72. The van der Waals surface area contributed by atoms with Crippen molar-refractivity contribution in [2.45, 2.75) is 6.92 Å². The number of carbonyl (C=O) groups excluding carboxylic acids is 2. The lowest BCUT2D eigenvalue weighted by Gasteiger charge is -2.09. The van der Waals surface area contributed by atoms with Crippen LogP contribution in [0.3, 0.4) is 0 Å². The number of pyridine rings is 1. The summed E-state index contributed by atoms with van der Waals surface area (Å²) in [6.45, 7) is 1.90. The SMILES string of the molecule is CCOC(=O)Nc1ccncc1C(=O)c1ccc(F)cc1. The summed E-state index contributed by atoms with van der Waals surface area (Å²) in [5, 5.41) is 2.48. The highest BCUT2D eigenvalue weighted by Gasteiger charge is 2.15. The molecule has 0 aliphatic heterocycles. The van der Waals surface area contributed by atoms with Gasteiger partial charge in [-0.2, -0.15) is 0 Å². The first kappa shape index (κ1) is 14.6. The Morgan fingerprint density at radius 3 is 2.62 bits per heavy atom. The zero-order valence-electron chi connectivity index (χ0n) is 11.3. The van der Waals surface area contributed by atoms with E-state index in [2.05, 4.69) is 10.3 Å². The normalized spacial score (nSPS) is 10.0. The number of anilines is 1. The molecule has 5 nitrogen and oxygen atoms in total. The molecule has 2 rings (SSSR count). The number of ether oxygens (including phenoxy) is 1. The second-order valence-electron chi connectivity index (χ2n) is 4.10. The second-order valence-corrected chi connectivity index (χ2v) is 4.10. The summed E-state index contributed by atoms with van der Waals surface area (Å²) >= 11 is 0. The Hall–Kier alpha value is -2.76. The van der Waals surface area contributed by atoms with Gasteiger partial charge in [-0.05, 0) is 37.3 Å². The first-order valence-electron chi connectivity index (χ1n) is 6.30. The van der Waals surface area contributed by atoms with Crippen LogP contribution in [0.1, 0.15) is 22.8 Å². The van der Waals surface area contributed by atoms with Crippen molar-refractivity contribution in [3.63, 3.8) is 0 Å². The minimum Gasteiger partial charge on any atom is -0.450 e. The van der Waals surface area contributed by atoms with Gasteiger partial charge in [0.2, 0.25) is 0 Å². The van der Waals surface area contributed by atoms with Crippen LogP contribution in [-0.2, 0) is 4.74 Å². The van der Waals surface area contributed by atoms with E-state index in [1.165, 1.54) is 42.7 Å². The molecule has 108 valence electrons. The van der Waals surface area contributed by atoms with Gasteiger partial charge in [0.25, 0.3) is 0 Å². The van der Waals surface area contributed by atoms with E-state index in [0.717, 1.165) is 0 Å². The lowest BCUT2D eigenvalue weighted by atomic mass is 10.0. The van der Waals surface area contributed by atoms with Crippen LogP contribution >= 0.6 is 0 Å². The van der Waals surface area contributed by atoms with Gasteiger partial charge in [-0.1, -0.05) is 0 Å². The first-order chi connectivity index (χ1) is 10.1. The lowest BCUT2D eigenvalue weighted by molar-refractivity contribution is 0.103. The summed E-state index contributed by atoms with van der Waals surface area (Å²) in [5.74, 6) is -0.794. The summed E-state index contributed by atoms with van der Waals surface area (Å²) in [6.07, 6.45) is 2.13. The number of amides is 1. The Labute approximate surface area is 120 Å². The van der Waals surface area contributed by atoms with Gasteiger partial charge in [-0.3, -0.25) is 15.1 Å². The number of benzene rings is 1. The number of halogens is 1. The van der Waals surface area contributed by atoms with Crippen molar-refractivity contribution in [2.24, 2.45) is 0 Å². The number of nitrogens with zero attached hydrogens (tertiary/aromatic N) is 1. The molecule has 6 heteroatoms. The number of ketones is 1. The Kier molecular flexibility index (Phi) is 4.61. The van der Waals surface area contributed by atoms with Crippen molar-refractivity contribution in [1.29, 1.82) is 0 Å². The van der Waals surface area contributed by atoms with Crippen molar-refractivity contribution in [3.05, 3.63) is 59.7 Å². The van der Waals surface area contributed by atoms with Gasteiger partial charge >= 0.3 is 6.09 Å². The quantitative estimate of drug-likeness (QED) is 0.878. The smallest absolute Gasteiger partial charge is 0.411 e. The molecular formula is C15H13FN2O3. The predicted octanol–water partition coefficient (Wildman–Crippen LogP) is 3.02. The van der Waals surface area contributed by atoms with Gasteiger partial charge in [0, 0.05) is 18.0 Å². The maximum atomic E-state index is 12.9. The van der Waals surface area contributed by atoms with Crippen LogP contribution in [0, 0.1) is 5.82 Å². The molecule has 0 saturated heterocycles. The van der Waals surface area contributed by atoms with Crippen LogP contribution in [0.4, 0.5) is 14.9 Å². The highest BCUT2D eigenvalue weighted by Crippen LogP contribution is 2.18. The molecule has 1 aromatic carbocycles. The fraction of sp³-hybridized carbons (Fsp3) is 0.133. The van der Waals surface area contributed by atoms with Crippen molar-refractivity contribution in [3.8, 4) is 0 Å². The molecule has 1 aromatic heterocycles. The molecular weight excluding hydrogens is 275 g/mol. The van der Waals surface area contributed by atoms with E-state index < -0.39 is 11.9 Å². The molecule has 2 aromatic rings. The predicted molar refractivity (Wildman–Crippen MR) is 74.7 cm³/mol. The standard InChI is InChI=1S/C15H13FN2O3/c1-2-21-15(20)18-13-7-8-17-9-12(13)14(19)10-3-5-11(16)6-4-10/h3-9H,2H2,1H3,(H,17,18,20). The zero-order chi connectivity index (χ0) is 15.2. The van der Waals surface area contributed by atoms with Crippen LogP contribution in [0.5, 0.6) is 0 Å². The minimum absolute atomic E-state index is 0.206. The van der Waals surface area contributed by atoms with E-state index in [1.807, 2.05) is 0 Å². The molecule has 0 unspecified atom stereocenters. The third-order valence-electron chi connectivity index (χ3n) is 2.68. The maximum Gasteiger partial charge on any atom is 0.411 e. The summed E-state index contributed by atoms with van der Waals surface area (Å²) in [4.78, 5) is 27.7. The molecule has 0 aliphatic rings. The minimum atomic E-state index is -0.656. The number of hydrogen-bond acceptors (Lipinski definition) is 4. The molecule has 0 fully saturated rings. The third-order valence-corrected chi connectivity index (χ3v) is 2.68. The second kappa shape index (κ2) is 6.60. The van der Waals surface area contributed by atoms with Gasteiger partial charge in [-0.15, -0.1) is 0 Å². The van der Waals surface area contributed by atoms with E-state index >= 15 is 0 Å². The molecule has 1 heterocycles. The molecule has 0 aliphatic carbocycles. The summed E-state index contributed by atoms with van der Waals surface area (Å²) in [5.41, 5.74) is 0.797. The first-order valence-corrected chi connectivity index (χ1v) is 6.30. The number of hydrogen-bond donors (Lipinski definition) is 1. The average Bonchev–Trinajstić information content (AvgIpc) is 2.48. The fourth-order valence-corrected chi connectivity index (χ4v) is 1.72. The Morgan fingerprint density at radius 2 is 1.95 bits per heavy atom. The molecule has 1 amide bonds. The number of rotatable bonds is 4. The molecule has 0 bridgehead atoms. The summed E-state index contributed by atoms with van der Waals surface area (Å²) in [7, 11) is 0. The van der Waals surface area contributed by atoms with Crippen molar-refractivity contribution in [1.82, 2.24) is 4.98 Å². The van der Waals surface area contributed by atoms with Gasteiger partial charge in [0.1, 0.15) is 5.82 Å². The Bertz CT molecular complexity index is 656. The highest BCUT2D eigenvalue weighted by atomic mass is 19.1. The van der Waals surface area contributed by atoms with Crippen LogP contribution in [0.25, 0.3) is 0 Å². The number of aromatic nitrogens is 1. The molecule has 0 spiro atoms. The van der Waals surface area contributed by atoms with Crippen LogP contribution in [-0.4, -0.2) is 23.5 Å². The Balaban J connectivity index is 2.29. The third kappa shape index (κ3) is 3.62. The average molecular weight is 288 g/mol. The van der Waals surface area contributed by atoms with Gasteiger partial charge in [-0.25, -0.2) is 9.18 Å². The zero-order valence-corrected chi connectivity index (χ0v) is 11.3. The largest absolute Gasteiger partial charge is 0.450 e. The topological polar surface area (TPSA) is 68.3 Å². The van der Waals surface area contributed by atoms with E-state index in [-0.39, 0.29) is 23.6 Å². The molecule has 0 atom stereocenters. The van der Waals surface area contributed by atoms with Crippen molar-refractivity contribution in [2.75, 3.05) is 11.9 Å². The molecule has 21 heavy (non-hydrogen) atoms. The maximum absolute atomic E-state index is 12.9. The van der Waals surface area contributed by atoms with Gasteiger partial charge in [0.15, 0.2) is 5.78 Å².